The summed E-state index contributed by atoms with van der Waals surface area (Å²) in [5, 5.41) is 12.2. The molecule has 0 amide bonds. The summed E-state index contributed by atoms with van der Waals surface area (Å²) in [7, 11) is 0. The lowest BCUT2D eigenvalue weighted by molar-refractivity contribution is -0.155. The maximum absolute atomic E-state index is 12.2. The van der Waals surface area contributed by atoms with Crippen LogP contribution >= 0.6 is 0 Å². The van der Waals surface area contributed by atoms with E-state index in [1.54, 1.807) is 0 Å². The van der Waals surface area contributed by atoms with Crippen LogP contribution in [0, 0.1) is 11.8 Å². The number of nitrogens with zero attached hydrogens (tertiary/aromatic N) is 3. The van der Waals surface area contributed by atoms with E-state index in [1.165, 1.54) is 17.5 Å². The van der Waals surface area contributed by atoms with Gasteiger partial charge in [0.15, 0.2) is 0 Å². The summed E-state index contributed by atoms with van der Waals surface area (Å²) in [5.74, 6) is 2.15. The summed E-state index contributed by atoms with van der Waals surface area (Å²) in [6.45, 7) is 7.52. The van der Waals surface area contributed by atoms with Crippen LogP contribution in [-0.2, 0) is 18.7 Å². The number of imidazole rings is 1. The molecule has 33 heavy (non-hydrogen) atoms. The number of aliphatic hydroxyl groups is 1. The Morgan fingerprint density at radius 1 is 1.00 bits per heavy atom. The first-order valence-electron chi connectivity index (χ1n) is 12.3. The molecule has 1 N–H and O–H groups in total. The molecule has 1 saturated carbocycles. The largest absolute Gasteiger partial charge is 0.491 e. The van der Waals surface area contributed by atoms with Crippen molar-refractivity contribution in [3.63, 3.8) is 0 Å². The van der Waals surface area contributed by atoms with Gasteiger partial charge in [-0.05, 0) is 49.9 Å². The SMILES string of the molecule is CC(C)Oc1cccc(CN2C[C@H]3CCC[C@H](C2)C3(O)c2nccn2Cc2ccccc2)c1. The molecule has 0 unspecified atom stereocenters. The molecule has 2 aliphatic rings. The van der Waals surface area contributed by atoms with Crippen molar-refractivity contribution < 1.29 is 9.84 Å². The Labute approximate surface area is 197 Å². The molecule has 2 heterocycles. The quantitative estimate of drug-likeness (QED) is 0.566. The van der Waals surface area contributed by atoms with E-state index in [0.29, 0.717) is 0 Å². The number of benzene rings is 2. The fourth-order valence-electron chi connectivity index (χ4n) is 5.85. The topological polar surface area (TPSA) is 50.5 Å². The minimum atomic E-state index is -0.865. The standard InChI is InChI=1S/C28H35N3O2/c1-21(2)33-26-13-6-10-23(16-26)17-30-19-24-11-7-12-25(20-30)28(24,32)27-29-14-15-31(27)18-22-8-4-3-5-9-22/h3-6,8-10,13-16,21,24-25,32H,7,11-12,17-20H2,1-2H3/t24-,25-/m1/s1. The first-order valence-corrected chi connectivity index (χ1v) is 12.3. The Bertz CT molecular complexity index is 1050. The lowest BCUT2D eigenvalue weighted by Crippen LogP contribution is -2.58. The molecule has 1 aliphatic carbocycles. The average molecular weight is 446 g/mol. The summed E-state index contributed by atoms with van der Waals surface area (Å²) < 4.78 is 8.05. The van der Waals surface area contributed by atoms with Crippen LogP contribution in [0.2, 0.25) is 0 Å². The second-order valence-electron chi connectivity index (χ2n) is 10.0. The molecule has 174 valence electrons. The summed E-state index contributed by atoms with van der Waals surface area (Å²) in [4.78, 5) is 7.23. The zero-order chi connectivity index (χ0) is 22.8. The number of rotatable bonds is 7. The number of fused-ring (bicyclic) bond motifs is 2. The van der Waals surface area contributed by atoms with E-state index in [9.17, 15) is 5.11 Å². The van der Waals surface area contributed by atoms with Gasteiger partial charge in [0.05, 0.1) is 6.10 Å². The van der Waals surface area contributed by atoms with E-state index < -0.39 is 5.60 Å². The van der Waals surface area contributed by atoms with Crippen LogP contribution in [0.1, 0.15) is 50.1 Å². The molecular weight excluding hydrogens is 410 g/mol. The van der Waals surface area contributed by atoms with Gasteiger partial charge in [-0.25, -0.2) is 4.98 Å². The third-order valence-electron chi connectivity index (χ3n) is 7.25. The highest BCUT2D eigenvalue weighted by atomic mass is 16.5. The number of ether oxygens (including phenoxy) is 1. The fourth-order valence-corrected chi connectivity index (χ4v) is 5.85. The summed E-state index contributed by atoms with van der Waals surface area (Å²) >= 11 is 0. The highest BCUT2D eigenvalue weighted by molar-refractivity contribution is 5.29. The Balaban J connectivity index is 1.35. The van der Waals surface area contributed by atoms with E-state index in [1.807, 2.05) is 24.5 Å². The third-order valence-corrected chi connectivity index (χ3v) is 7.25. The van der Waals surface area contributed by atoms with Crippen LogP contribution in [0.3, 0.4) is 0 Å². The van der Waals surface area contributed by atoms with Gasteiger partial charge in [0.2, 0.25) is 0 Å². The Morgan fingerprint density at radius 2 is 1.73 bits per heavy atom. The Kier molecular flexibility index (Phi) is 6.26. The third kappa shape index (κ3) is 4.57. The summed E-state index contributed by atoms with van der Waals surface area (Å²) in [5.41, 5.74) is 1.63. The average Bonchev–Trinajstić information content (AvgIpc) is 3.24. The highest BCUT2D eigenvalue weighted by Gasteiger charge is 2.53. The molecule has 1 aliphatic heterocycles. The van der Waals surface area contributed by atoms with E-state index in [2.05, 4.69) is 65.8 Å². The molecule has 1 saturated heterocycles. The molecule has 0 radical (unpaired) electrons. The molecule has 0 spiro atoms. The second-order valence-corrected chi connectivity index (χ2v) is 10.0. The van der Waals surface area contributed by atoms with Gasteiger partial charge in [-0.2, -0.15) is 0 Å². The minimum Gasteiger partial charge on any atom is -0.491 e. The van der Waals surface area contributed by atoms with Crippen molar-refractivity contribution >= 4 is 0 Å². The minimum absolute atomic E-state index is 0.171. The van der Waals surface area contributed by atoms with Gasteiger partial charge in [0.25, 0.3) is 0 Å². The van der Waals surface area contributed by atoms with Gasteiger partial charge in [0, 0.05) is 50.4 Å². The van der Waals surface area contributed by atoms with Crippen molar-refractivity contribution in [1.82, 2.24) is 14.5 Å². The van der Waals surface area contributed by atoms with Crippen molar-refractivity contribution in [3.8, 4) is 5.75 Å². The summed E-state index contributed by atoms with van der Waals surface area (Å²) in [6.07, 6.45) is 7.30. The van der Waals surface area contributed by atoms with Crippen molar-refractivity contribution in [1.29, 1.82) is 0 Å². The zero-order valence-corrected chi connectivity index (χ0v) is 19.7. The van der Waals surface area contributed by atoms with Crippen molar-refractivity contribution in [2.75, 3.05) is 13.1 Å². The molecule has 2 atom stereocenters. The van der Waals surface area contributed by atoms with Gasteiger partial charge >= 0.3 is 0 Å². The number of hydrogen-bond acceptors (Lipinski definition) is 4. The number of likely N-dealkylation sites (tertiary alicyclic amines) is 1. The first-order chi connectivity index (χ1) is 16.0. The molecule has 1 aromatic heterocycles. The number of aromatic nitrogens is 2. The maximum Gasteiger partial charge on any atom is 0.141 e. The van der Waals surface area contributed by atoms with Crippen LogP contribution in [0.25, 0.3) is 0 Å². The van der Waals surface area contributed by atoms with Crippen molar-refractivity contribution in [3.05, 3.63) is 83.9 Å². The Morgan fingerprint density at radius 3 is 2.45 bits per heavy atom. The molecular formula is C28H35N3O2. The summed E-state index contributed by atoms with van der Waals surface area (Å²) in [6, 6.07) is 18.9. The van der Waals surface area contributed by atoms with Gasteiger partial charge in [-0.15, -0.1) is 0 Å². The normalized spacial score (nSPS) is 25.3. The predicted molar refractivity (Wildman–Crippen MR) is 130 cm³/mol. The first kappa shape index (κ1) is 22.2. The van der Waals surface area contributed by atoms with Crippen LogP contribution in [0.15, 0.2) is 67.0 Å². The lowest BCUT2D eigenvalue weighted by Gasteiger charge is -2.52. The monoisotopic (exact) mass is 445 g/mol. The maximum atomic E-state index is 12.2. The van der Waals surface area contributed by atoms with E-state index >= 15 is 0 Å². The second kappa shape index (κ2) is 9.32. The van der Waals surface area contributed by atoms with Crippen LogP contribution < -0.4 is 4.74 Å². The lowest BCUT2D eigenvalue weighted by atomic mass is 9.65. The molecule has 2 aromatic carbocycles. The van der Waals surface area contributed by atoms with E-state index in [0.717, 1.165) is 50.6 Å². The number of piperidine rings is 1. The molecule has 2 fully saturated rings. The van der Waals surface area contributed by atoms with Gasteiger partial charge in [-0.1, -0.05) is 48.9 Å². The smallest absolute Gasteiger partial charge is 0.141 e. The van der Waals surface area contributed by atoms with E-state index in [4.69, 9.17) is 9.72 Å². The van der Waals surface area contributed by atoms with Crippen molar-refractivity contribution in [2.24, 2.45) is 11.8 Å². The molecule has 2 bridgehead atoms. The number of hydrogen-bond donors (Lipinski definition) is 1. The Hall–Kier alpha value is -2.63. The van der Waals surface area contributed by atoms with Crippen LogP contribution in [-0.4, -0.2) is 38.8 Å². The molecule has 5 heteroatoms. The van der Waals surface area contributed by atoms with E-state index in [-0.39, 0.29) is 17.9 Å². The van der Waals surface area contributed by atoms with Gasteiger partial charge in [0.1, 0.15) is 17.2 Å². The predicted octanol–water partition coefficient (Wildman–Crippen LogP) is 4.84. The highest BCUT2D eigenvalue weighted by Crippen LogP contribution is 2.49. The molecule has 5 rings (SSSR count). The van der Waals surface area contributed by atoms with Gasteiger partial charge in [-0.3, -0.25) is 4.90 Å². The van der Waals surface area contributed by atoms with Gasteiger partial charge < -0.3 is 14.4 Å². The van der Waals surface area contributed by atoms with Crippen LogP contribution in [0.5, 0.6) is 5.75 Å². The molecule has 5 nitrogen and oxygen atoms in total. The van der Waals surface area contributed by atoms with Crippen LogP contribution in [0.4, 0.5) is 0 Å². The zero-order valence-electron chi connectivity index (χ0n) is 19.7. The fraction of sp³-hybridized carbons (Fsp3) is 0.464. The molecule has 3 aromatic rings. The van der Waals surface area contributed by atoms with Crippen molar-refractivity contribution in [2.45, 2.75) is 57.9 Å².